The third-order valence-corrected chi connectivity index (χ3v) is 4.30. The van der Waals surface area contributed by atoms with Crippen molar-refractivity contribution in [2.75, 3.05) is 5.73 Å². The van der Waals surface area contributed by atoms with Gasteiger partial charge in [0.25, 0.3) is 0 Å². The van der Waals surface area contributed by atoms with E-state index >= 15 is 0 Å². The van der Waals surface area contributed by atoms with Gasteiger partial charge in [-0.15, -0.1) is 0 Å². The highest BCUT2D eigenvalue weighted by atomic mass is 79.9. The SMILES string of the molecule is CC(C)CC1CCCC(n2ncc(Br)c2N)C1. The van der Waals surface area contributed by atoms with E-state index in [1.807, 2.05) is 4.68 Å². The number of nitrogens with zero attached hydrogens (tertiary/aromatic N) is 2. The highest BCUT2D eigenvalue weighted by Crippen LogP contribution is 2.37. The molecule has 1 aromatic heterocycles. The molecule has 0 aliphatic heterocycles. The van der Waals surface area contributed by atoms with Crippen LogP contribution in [0.5, 0.6) is 0 Å². The Morgan fingerprint density at radius 2 is 2.29 bits per heavy atom. The molecule has 3 nitrogen and oxygen atoms in total. The van der Waals surface area contributed by atoms with E-state index in [4.69, 9.17) is 5.73 Å². The quantitative estimate of drug-likeness (QED) is 0.916. The van der Waals surface area contributed by atoms with Crippen LogP contribution < -0.4 is 5.73 Å². The van der Waals surface area contributed by atoms with Gasteiger partial charge < -0.3 is 5.73 Å². The van der Waals surface area contributed by atoms with Crippen molar-refractivity contribution >= 4 is 21.7 Å². The number of hydrogen-bond acceptors (Lipinski definition) is 2. The fraction of sp³-hybridized carbons (Fsp3) is 0.769. The van der Waals surface area contributed by atoms with Crippen molar-refractivity contribution in [3.05, 3.63) is 10.7 Å². The summed E-state index contributed by atoms with van der Waals surface area (Å²) in [6, 6.07) is 0.499. The second kappa shape index (κ2) is 5.42. The van der Waals surface area contributed by atoms with E-state index in [1.54, 1.807) is 6.20 Å². The summed E-state index contributed by atoms with van der Waals surface area (Å²) in [6.45, 7) is 4.62. The van der Waals surface area contributed by atoms with E-state index in [1.165, 1.54) is 32.1 Å². The Labute approximate surface area is 112 Å². The highest BCUT2D eigenvalue weighted by Gasteiger charge is 2.25. The minimum atomic E-state index is 0.499. The van der Waals surface area contributed by atoms with E-state index < -0.39 is 0 Å². The topological polar surface area (TPSA) is 43.8 Å². The summed E-state index contributed by atoms with van der Waals surface area (Å²) in [5.41, 5.74) is 6.03. The van der Waals surface area contributed by atoms with Crippen LogP contribution in [-0.4, -0.2) is 9.78 Å². The lowest BCUT2D eigenvalue weighted by atomic mass is 9.81. The van der Waals surface area contributed by atoms with Crippen molar-refractivity contribution in [3.8, 4) is 0 Å². The Bertz CT molecular complexity index is 373. The molecule has 1 saturated carbocycles. The van der Waals surface area contributed by atoms with Gasteiger partial charge in [-0.2, -0.15) is 5.10 Å². The minimum Gasteiger partial charge on any atom is -0.383 e. The molecular formula is C13H22BrN3. The average molecular weight is 300 g/mol. The molecule has 0 amide bonds. The highest BCUT2D eigenvalue weighted by molar-refractivity contribution is 9.10. The van der Waals surface area contributed by atoms with Crippen LogP contribution in [0.4, 0.5) is 5.82 Å². The number of hydrogen-bond donors (Lipinski definition) is 1. The zero-order valence-corrected chi connectivity index (χ0v) is 12.3. The maximum absolute atomic E-state index is 6.03. The van der Waals surface area contributed by atoms with Crippen LogP contribution in [0, 0.1) is 11.8 Å². The monoisotopic (exact) mass is 299 g/mol. The lowest BCUT2D eigenvalue weighted by Gasteiger charge is -2.30. The molecule has 0 aromatic carbocycles. The van der Waals surface area contributed by atoms with Crippen LogP contribution in [0.3, 0.4) is 0 Å². The standard InChI is InChI=1S/C13H22BrN3/c1-9(2)6-10-4-3-5-11(7-10)17-13(15)12(14)8-16-17/h8-11H,3-7,15H2,1-2H3. The molecule has 4 heteroatoms. The van der Waals surface area contributed by atoms with Crippen LogP contribution in [0.2, 0.25) is 0 Å². The van der Waals surface area contributed by atoms with E-state index in [9.17, 15) is 0 Å². The average Bonchev–Trinajstić information content (AvgIpc) is 2.59. The molecule has 0 saturated heterocycles. The Kier molecular flexibility index (Phi) is 4.13. The number of nitrogens with two attached hydrogens (primary N) is 1. The summed E-state index contributed by atoms with van der Waals surface area (Å²) in [5, 5.41) is 4.40. The van der Waals surface area contributed by atoms with E-state index in [0.717, 1.165) is 22.1 Å². The van der Waals surface area contributed by atoms with E-state index in [-0.39, 0.29) is 0 Å². The van der Waals surface area contributed by atoms with Gasteiger partial charge in [0.1, 0.15) is 5.82 Å². The van der Waals surface area contributed by atoms with Gasteiger partial charge in [-0.3, -0.25) is 0 Å². The van der Waals surface area contributed by atoms with Gasteiger partial charge in [0.2, 0.25) is 0 Å². The van der Waals surface area contributed by atoms with Gasteiger partial charge in [0.05, 0.1) is 16.7 Å². The number of anilines is 1. The summed E-state index contributed by atoms with van der Waals surface area (Å²) in [4.78, 5) is 0. The minimum absolute atomic E-state index is 0.499. The first-order chi connectivity index (χ1) is 8.08. The van der Waals surface area contributed by atoms with Crippen molar-refractivity contribution in [3.63, 3.8) is 0 Å². The number of nitrogen functional groups attached to an aromatic ring is 1. The van der Waals surface area contributed by atoms with Gasteiger partial charge in [-0.1, -0.05) is 26.7 Å². The predicted octanol–water partition coefficient (Wildman–Crippen LogP) is 4.01. The van der Waals surface area contributed by atoms with Gasteiger partial charge >= 0.3 is 0 Å². The third kappa shape index (κ3) is 3.03. The molecule has 2 rings (SSSR count). The fourth-order valence-electron chi connectivity index (χ4n) is 3.01. The molecular weight excluding hydrogens is 278 g/mol. The summed E-state index contributed by atoms with van der Waals surface area (Å²) in [6.07, 6.45) is 8.26. The van der Waals surface area contributed by atoms with Gasteiger partial charge in [0, 0.05) is 0 Å². The van der Waals surface area contributed by atoms with Crippen LogP contribution in [0.15, 0.2) is 10.7 Å². The molecule has 0 radical (unpaired) electrons. The van der Waals surface area contributed by atoms with Gasteiger partial charge in [-0.25, -0.2) is 4.68 Å². The number of rotatable bonds is 3. The van der Waals surface area contributed by atoms with Crippen molar-refractivity contribution < 1.29 is 0 Å². The van der Waals surface area contributed by atoms with Crippen molar-refractivity contribution in [2.45, 2.75) is 52.0 Å². The third-order valence-electron chi connectivity index (χ3n) is 3.69. The summed E-state index contributed by atoms with van der Waals surface area (Å²) >= 11 is 3.43. The number of halogens is 1. The zero-order chi connectivity index (χ0) is 12.4. The summed E-state index contributed by atoms with van der Waals surface area (Å²) < 4.78 is 2.93. The van der Waals surface area contributed by atoms with Gasteiger partial charge in [-0.05, 0) is 47.0 Å². The molecule has 17 heavy (non-hydrogen) atoms. The molecule has 2 N–H and O–H groups in total. The van der Waals surface area contributed by atoms with Crippen molar-refractivity contribution in [2.24, 2.45) is 11.8 Å². The molecule has 1 aliphatic rings. The normalized spacial score (nSPS) is 25.4. The zero-order valence-electron chi connectivity index (χ0n) is 10.7. The Morgan fingerprint density at radius 3 is 2.88 bits per heavy atom. The van der Waals surface area contributed by atoms with Crippen molar-refractivity contribution in [1.82, 2.24) is 9.78 Å². The molecule has 1 aliphatic carbocycles. The van der Waals surface area contributed by atoms with E-state index in [2.05, 4.69) is 34.9 Å². The summed E-state index contributed by atoms with van der Waals surface area (Å²) in [5.74, 6) is 2.41. The lowest BCUT2D eigenvalue weighted by Crippen LogP contribution is -2.22. The fourth-order valence-corrected chi connectivity index (χ4v) is 3.28. The molecule has 1 aromatic rings. The first-order valence-corrected chi connectivity index (χ1v) is 7.35. The predicted molar refractivity (Wildman–Crippen MR) is 74.8 cm³/mol. The second-order valence-corrected chi connectivity index (χ2v) is 6.49. The maximum Gasteiger partial charge on any atom is 0.136 e. The molecule has 96 valence electrons. The molecule has 1 fully saturated rings. The molecule has 1 heterocycles. The van der Waals surface area contributed by atoms with Crippen molar-refractivity contribution in [1.29, 1.82) is 0 Å². The molecule has 2 unspecified atom stereocenters. The van der Waals surface area contributed by atoms with Crippen LogP contribution in [0.1, 0.15) is 52.0 Å². The van der Waals surface area contributed by atoms with E-state index in [0.29, 0.717) is 6.04 Å². The largest absolute Gasteiger partial charge is 0.383 e. The smallest absolute Gasteiger partial charge is 0.136 e. The first-order valence-electron chi connectivity index (χ1n) is 6.56. The Balaban J connectivity index is 2.04. The molecule has 2 atom stereocenters. The molecule has 0 spiro atoms. The van der Waals surface area contributed by atoms with Crippen LogP contribution in [0.25, 0.3) is 0 Å². The number of aromatic nitrogens is 2. The second-order valence-electron chi connectivity index (χ2n) is 5.64. The molecule has 0 bridgehead atoms. The van der Waals surface area contributed by atoms with Crippen LogP contribution >= 0.6 is 15.9 Å². The van der Waals surface area contributed by atoms with Gasteiger partial charge in [0.15, 0.2) is 0 Å². The maximum atomic E-state index is 6.03. The first kappa shape index (κ1) is 12.9. The van der Waals surface area contributed by atoms with Crippen LogP contribution in [-0.2, 0) is 0 Å². The Morgan fingerprint density at radius 1 is 1.53 bits per heavy atom. The summed E-state index contributed by atoms with van der Waals surface area (Å²) in [7, 11) is 0. The Hall–Kier alpha value is -0.510. The lowest BCUT2D eigenvalue weighted by molar-refractivity contribution is 0.228.